The van der Waals surface area contributed by atoms with Crippen molar-refractivity contribution in [3.63, 3.8) is 0 Å². The van der Waals surface area contributed by atoms with Gasteiger partial charge in [-0.2, -0.15) is 0 Å². The van der Waals surface area contributed by atoms with Gasteiger partial charge in [-0.1, -0.05) is 0 Å². The predicted molar refractivity (Wildman–Crippen MR) is 78.7 cm³/mol. The summed E-state index contributed by atoms with van der Waals surface area (Å²) in [6.45, 7) is 0.873. The molecule has 2 aromatic heterocycles. The molecule has 0 bridgehead atoms. The predicted octanol–water partition coefficient (Wildman–Crippen LogP) is 2.78. The van der Waals surface area contributed by atoms with Crippen LogP contribution in [0.4, 0.5) is 0 Å². The first-order valence-electron chi connectivity index (χ1n) is 6.93. The summed E-state index contributed by atoms with van der Waals surface area (Å²) in [5.41, 5.74) is 3.01. The van der Waals surface area contributed by atoms with Gasteiger partial charge in [0.25, 0.3) is 5.91 Å². The summed E-state index contributed by atoms with van der Waals surface area (Å²) in [6.07, 6.45) is 9.55. The second-order valence-electron chi connectivity index (χ2n) is 5.05. The molecular formula is C15H17N3OS. The van der Waals surface area contributed by atoms with Crippen LogP contribution in [-0.4, -0.2) is 33.4 Å². The minimum Gasteiger partial charge on any atom is -0.335 e. The molecule has 1 saturated heterocycles. The smallest absolute Gasteiger partial charge is 0.265 e. The van der Waals surface area contributed by atoms with Crippen molar-refractivity contribution in [3.05, 3.63) is 46.7 Å². The van der Waals surface area contributed by atoms with Crippen molar-refractivity contribution in [3.8, 4) is 0 Å². The summed E-state index contributed by atoms with van der Waals surface area (Å²) in [6, 6.07) is 4.45. The maximum absolute atomic E-state index is 12.4. The van der Waals surface area contributed by atoms with Gasteiger partial charge in [-0.25, -0.2) is 0 Å². The lowest BCUT2D eigenvalue weighted by Gasteiger charge is -2.24. The zero-order chi connectivity index (χ0) is 13.8. The van der Waals surface area contributed by atoms with Crippen LogP contribution in [-0.2, 0) is 6.42 Å². The average molecular weight is 287 g/mol. The van der Waals surface area contributed by atoms with E-state index in [1.807, 2.05) is 29.4 Å². The number of aryl methyl sites for hydroxylation is 1. The number of carbonyl (C=O) groups is 1. The number of carbonyl (C=O) groups excluding carboxylic acids is 1. The van der Waals surface area contributed by atoms with Crippen LogP contribution in [0.1, 0.15) is 34.5 Å². The molecule has 0 N–H and O–H groups in total. The number of nitrogens with zero attached hydrogens (tertiary/aromatic N) is 3. The number of rotatable bonds is 4. The molecule has 1 aliphatic heterocycles. The van der Waals surface area contributed by atoms with Crippen molar-refractivity contribution in [1.82, 2.24) is 14.9 Å². The van der Waals surface area contributed by atoms with E-state index in [1.54, 1.807) is 11.7 Å². The molecule has 3 rings (SSSR count). The van der Waals surface area contributed by atoms with Gasteiger partial charge in [0.2, 0.25) is 0 Å². The first kappa shape index (κ1) is 13.2. The minimum absolute atomic E-state index is 0.143. The summed E-state index contributed by atoms with van der Waals surface area (Å²) in [4.78, 5) is 23.2. The van der Waals surface area contributed by atoms with Crippen LogP contribution >= 0.6 is 11.3 Å². The molecular weight excluding hydrogens is 270 g/mol. The van der Waals surface area contributed by atoms with E-state index in [1.165, 1.54) is 16.9 Å². The van der Waals surface area contributed by atoms with E-state index >= 15 is 0 Å². The zero-order valence-electron chi connectivity index (χ0n) is 11.2. The number of aromatic nitrogens is 2. The summed E-state index contributed by atoms with van der Waals surface area (Å²) in [5, 5.41) is 0. The lowest BCUT2D eigenvalue weighted by molar-refractivity contribution is 0.0735. The van der Waals surface area contributed by atoms with Gasteiger partial charge in [-0.15, -0.1) is 11.3 Å². The Morgan fingerprint density at radius 3 is 2.95 bits per heavy atom. The van der Waals surface area contributed by atoms with Crippen molar-refractivity contribution in [1.29, 1.82) is 0 Å². The number of amides is 1. The van der Waals surface area contributed by atoms with Gasteiger partial charge in [0.1, 0.15) is 4.88 Å². The largest absolute Gasteiger partial charge is 0.335 e. The maximum atomic E-state index is 12.4. The quantitative estimate of drug-likeness (QED) is 0.868. The highest BCUT2D eigenvalue weighted by Gasteiger charge is 2.29. The second kappa shape index (κ2) is 6.13. The average Bonchev–Trinajstić information content (AvgIpc) is 3.17. The van der Waals surface area contributed by atoms with E-state index in [0.29, 0.717) is 6.04 Å². The Hall–Kier alpha value is -1.75. The Morgan fingerprint density at radius 1 is 1.35 bits per heavy atom. The monoisotopic (exact) mass is 287 g/mol. The van der Waals surface area contributed by atoms with Crippen molar-refractivity contribution >= 4 is 17.2 Å². The van der Waals surface area contributed by atoms with Crippen molar-refractivity contribution < 1.29 is 4.79 Å². The third-order valence-corrected chi connectivity index (χ3v) is 4.56. The Bertz CT molecular complexity index is 556. The van der Waals surface area contributed by atoms with Crippen molar-refractivity contribution in [2.45, 2.75) is 31.7 Å². The van der Waals surface area contributed by atoms with E-state index < -0.39 is 0 Å². The van der Waals surface area contributed by atoms with Gasteiger partial charge >= 0.3 is 0 Å². The first-order chi connectivity index (χ1) is 9.84. The molecule has 0 aliphatic carbocycles. The van der Waals surface area contributed by atoms with Crippen LogP contribution < -0.4 is 0 Å². The number of pyridine rings is 1. The highest BCUT2D eigenvalue weighted by Crippen LogP contribution is 2.24. The second-order valence-corrected chi connectivity index (χ2v) is 5.94. The van der Waals surface area contributed by atoms with Gasteiger partial charge in [0, 0.05) is 25.0 Å². The van der Waals surface area contributed by atoms with Crippen LogP contribution in [0.15, 0.2) is 36.2 Å². The Kier molecular flexibility index (Phi) is 4.06. The lowest BCUT2D eigenvalue weighted by atomic mass is 10.0. The van der Waals surface area contributed by atoms with Gasteiger partial charge in [0.15, 0.2) is 0 Å². The highest BCUT2D eigenvalue weighted by atomic mass is 32.1. The lowest BCUT2D eigenvalue weighted by Crippen LogP contribution is -2.35. The molecule has 2 aromatic rings. The molecule has 1 atom stereocenters. The summed E-state index contributed by atoms with van der Waals surface area (Å²) < 4.78 is 0. The van der Waals surface area contributed by atoms with Gasteiger partial charge < -0.3 is 4.90 Å². The van der Waals surface area contributed by atoms with Crippen LogP contribution in [0, 0.1) is 0 Å². The molecule has 5 heteroatoms. The van der Waals surface area contributed by atoms with Crippen molar-refractivity contribution in [2.75, 3.05) is 6.54 Å². The molecule has 20 heavy (non-hydrogen) atoms. The summed E-state index contributed by atoms with van der Waals surface area (Å²) in [7, 11) is 0. The molecule has 1 fully saturated rings. The summed E-state index contributed by atoms with van der Waals surface area (Å²) >= 11 is 1.42. The first-order valence-corrected chi connectivity index (χ1v) is 7.81. The van der Waals surface area contributed by atoms with E-state index in [2.05, 4.69) is 9.97 Å². The normalized spacial score (nSPS) is 18.4. The molecule has 0 aromatic carbocycles. The van der Waals surface area contributed by atoms with E-state index in [9.17, 15) is 4.79 Å². The molecule has 1 aliphatic rings. The molecule has 1 unspecified atom stereocenters. The van der Waals surface area contributed by atoms with Crippen LogP contribution in [0.25, 0.3) is 0 Å². The molecule has 104 valence electrons. The fraction of sp³-hybridized carbons (Fsp3) is 0.400. The standard InChI is InChI=1S/C15H17N3OS/c19-15(14-10-17-11-20-14)18-9-1-2-13(18)4-3-12-5-7-16-8-6-12/h5-8,10-11,13H,1-4,9H2. The Labute approximate surface area is 122 Å². The van der Waals surface area contributed by atoms with E-state index in [4.69, 9.17) is 0 Å². The fourth-order valence-corrected chi connectivity index (χ4v) is 3.32. The van der Waals surface area contributed by atoms with Gasteiger partial charge in [0.05, 0.1) is 11.7 Å². The van der Waals surface area contributed by atoms with Crippen molar-refractivity contribution in [2.24, 2.45) is 0 Å². The van der Waals surface area contributed by atoms with Crippen LogP contribution in [0.3, 0.4) is 0 Å². The Balaban J connectivity index is 1.63. The minimum atomic E-state index is 0.143. The highest BCUT2D eigenvalue weighted by molar-refractivity contribution is 7.11. The molecule has 0 radical (unpaired) electrons. The van der Waals surface area contributed by atoms with Gasteiger partial charge in [-0.05, 0) is 43.4 Å². The SMILES string of the molecule is O=C(c1cncs1)N1CCCC1CCc1ccncc1. The van der Waals surface area contributed by atoms with Crippen LogP contribution in [0.2, 0.25) is 0 Å². The van der Waals surface area contributed by atoms with E-state index in [0.717, 1.165) is 37.1 Å². The van der Waals surface area contributed by atoms with E-state index in [-0.39, 0.29) is 5.91 Å². The number of thiazole rings is 1. The number of likely N-dealkylation sites (tertiary alicyclic amines) is 1. The summed E-state index contributed by atoms with van der Waals surface area (Å²) in [5.74, 6) is 0.143. The maximum Gasteiger partial charge on any atom is 0.265 e. The van der Waals surface area contributed by atoms with Crippen LogP contribution in [0.5, 0.6) is 0 Å². The molecule has 0 saturated carbocycles. The Morgan fingerprint density at radius 2 is 2.20 bits per heavy atom. The molecule has 4 nitrogen and oxygen atoms in total. The zero-order valence-corrected chi connectivity index (χ0v) is 12.1. The number of hydrogen-bond donors (Lipinski definition) is 0. The molecule has 1 amide bonds. The third kappa shape index (κ3) is 2.88. The fourth-order valence-electron chi connectivity index (χ4n) is 2.75. The molecule has 3 heterocycles. The number of hydrogen-bond acceptors (Lipinski definition) is 4. The molecule has 0 spiro atoms. The third-order valence-electron chi connectivity index (χ3n) is 3.80. The van der Waals surface area contributed by atoms with Gasteiger partial charge in [-0.3, -0.25) is 14.8 Å². The topological polar surface area (TPSA) is 46.1 Å².